The van der Waals surface area contributed by atoms with Gasteiger partial charge in [0, 0.05) is 0 Å². The van der Waals surface area contributed by atoms with E-state index in [-0.39, 0.29) is 0 Å². The molecule has 0 aromatic carbocycles. The van der Waals surface area contributed by atoms with Crippen LogP contribution in [0.4, 0.5) is 0 Å². The topological polar surface area (TPSA) is 0 Å². The molecule has 0 amide bonds. The molecule has 0 aromatic rings. The first kappa shape index (κ1) is 10.1. The minimum atomic E-state index is 0.902. The maximum atomic E-state index is 2.44. The molecule has 1 aliphatic carbocycles. The van der Waals surface area contributed by atoms with Crippen LogP contribution in [0.3, 0.4) is 0 Å². The average Bonchev–Trinajstić information content (AvgIpc) is 2.32. The lowest BCUT2D eigenvalue weighted by atomic mass is 9.79. The molecule has 0 aliphatic heterocycles. The van der Waals surface area contributed by atoms with Crippen molar-refractivity contribution in [3.05, 3.63) is 0 Å². The Bertz CT molecular complexity index is 124. The van der Waals surface area contributed by atoms with Gasteiger partial charge in [-0.25, -0.2) is 0 Å². The second kappa shape index (κ2) is 4.30. The molecule has 1 saturated carbocycles. The molecule has 0 nitrogen and oxygen atoms in total. The van der Waals surface area contributed by atoms with Gasteiger partial charge in [0.25, 0.3) is 0 Å². The van der Waals surface area contributed by atoms with Crippen LogP contribution in [0.2, 0.25) is 0 Å². The second-order valence-electron chi connectivity index (χ2n) is 4.92. The summed E-state index contributed by atoms with van der Waals surface area (Å²) in [5, 5.41) is 0. The predicted octanol–water partition coefficient (Wildman–Crippen LogP) is 4.10. The molecule has 12 heavy (non-hydrogen) atoms. The van der Waals surface area contributed by atoms with E-state index in [9.17, 15) is 0 Å². The fourth-order valence-electron chi connectivity index (χ4n) is 3.24. The first-order chi connectivity index (χ1) is 5.66. The van der Waals surface area contributed by atoms with E-state index < -0.39 is 0 Å². The van der Waals surface area contributed by atoms with Crippen molar-refractivity contribution in [3.63, 3.8) is 0 Å². The summed E-state index contributed by atoms with van der Waals surface area (Å²) in [6, 6.07) is 0. The van der Waals surface area contributed by atoms with Gasteiger partial charge < -0.3 is 0 Å². The van der Waals surface area contributed by atoms with E-state index in [2.05, 4.69) is 27.7 Å². The van der Waals surface area contributed by atoms with Crippen LogP contribution in [-0.4, -0.2) is 0 Å². The minimum absolute atomic E-state index is 0.902. The zero-order valence-corrected chi connectivity index (χ0v) is 9.14. The fraction of sp³-hybridized carbons (Fsp3) is 1.00. The molecule has 3 unspecified atom stereocenters. The van der Waals surface area contributed by atoms with E-state index in [1.54, 1.807) is 0 Å². The van der Waals surface area contributed by atoms with Crippen molar-refractivity contribution >= 4 is 0 Å². The summed E-state index contributed by atoms with van der Waals surface area (Å²) in [5.41, 5.74) is 0. The highest BCUT2D eigenvalue weighted by molar-refractivity contribution is 4.84. The Balaban J connectivity index is 2.51. The monoisotopic (exact) mass is 168 g/mol. The third-order valence-corrected chi connectivity index (χ3v) is 3.62. The molecule has 0 bridgehead atoms. The third-order valence-electron chi connectivity index (χ3n) is 3.62. The maximum absolute atomic E-state index is 2.44. The van der Waals surface area contributed by atoms with Crippen molar-refractivity contribution in [2.45, 2.75) is 53.4 Å². The molecule has 1 aliphatic rings. The van der Waals surface area contributed by atoms with Gasteiger partial charge in [-0.3, -0.25) is 0 Å². The molecule has 3 atom stereocenters. The summed E-state index contributed by atoms with van der Waals surface area (Å²) < 4.78 is 0. The van der Waals surface area contributed by atoms with Crippen LogP contribution in [0.25, 0.3) is 0 Å². The normalized spacial score (nSPS) is 36.2. The SMILES string of the molecule is CCCC1CCC(C)C1C(C)C. The van der Waals surface area contributed by atoms with E-state index in [4.69, 9.17) is 0 Å². The Kier molecular flexibility index (Phi) is 3.61. The van der Waals surface area contributed by atoms with Crippen molar-refractivity contribution in [3.8, 4) is 0 Å². The lowest BCUT2D eigenvalue weighted by molar-refractivity contribution is 0.232. The van der Waals surface area contributed by atoms with Gasteiger partial charge in [-0.15, -0.1) is 0 Å². The molecule has 0 spiro atoms. The molecule has 1 fully saturated rings. The van der Waals surface area contributed by atoms with Crippen molar-refractivity contribution in [2.75, 3.05) is 0 Å². The molecule has 0 saturated heterocycles. The molecule has 1 rings (SSSR count). The summed E-state index contributed by atoms with van der Waals surface area (Å²) >= 11 is 0. The standard InChI is InChI=1S/C12H24/c1-5-6-11-8-7-10(4)12(11)9(2)3/h9-12H,5-8H2,1-4H3. The molecule has 72 valence electrons. The van der Waals surface area contributed by atoms with Crippen LogP contribution in [-0.2, 0) is 0 Å². The third kappa shape index (κ3) is 2.02. The Morgan fingerprint density at radius 3 is 2.42 bits per heavy atom. The van der Waals surface area contributed by atoms with Gasteiger partial charge >= 0.3 is 0 Å². The van der Waals surface area contributed by atoms with Gasteiger partial charge in [-0.05, 0) is 30.1 Å². The van der Waals surface area contributed by atoms with Crippen molar-refractivity contribution in [1.82, 2.24) is 0 Å². The lowest BCUT2D eigenvalue weighted by Gasteiger charge is -2.26. The van der Waals surface area contributed by atoms with Gasteiger partial charge in [0.05, 0.1) is 0 Å². The summed E-state index contributed by atoms with van der Waals surface area (Å²) in [7, 11) is 0. The Labute approximate surface area is 77.7 Å². The minimum Gasteiger partial charge on any atom is -0.0654 e. The molecular formula is C12H24. The smallest absolute Gasteiger partial charge is 0.0337 e. The largest absolute Gasteiger partial charge is 0.0654 e. The molecular weight excluding hydrogens is 144 g/mol. The summed E-state index contributed by atoms with van der Waals surface area (Å²) in [6.45, 7) is 9.56. The van der Waals surface area contributed by atoms with Crippen LogP contribution in [0.5, 0.6) is 0 Å². The van der Waals surface area contributed by atoms with Crippen molar-refractivity contribution in [1.29, 1.82) is 0 Å². The van der Waals surface area contributed by atoms with Crippen LogP contribution in [0.15, 0.2) is 0 Å². The summed E-state index contributed by atoms with van der Waals surface area (Å²) in [5.74, 6) is 3.95. The second-order valence-corrected chi connectivity index (χ2v) is 4.92. The number of hydrogen-bond acceptors (Lipinski definition) is 0. The van der Waals surface area contributed by atoms with Crippen LogP contribution in [0.1, 0.15) is 53.4 Å². The Morgan fingerprint density at radius 1 is 1.25 bits per heavy atom. The summed E-state index contributed by atoms with van der Waals surface area (Å²) in [4.78, 5) is 0. The first-order valence-corrected chi connectivity index (χ1v) is 5.66. The lowest BCUT2D eigenvalue weighted by Crippen LogP contribution is -2.19. The fourth-order valence-corrected chi connectivity index (χ4v) is 3.24. The predicted molar refractivity (Wildman–Crippen MR) is 55.1 cm³/mol. The molecule has 0 radical (unpaired) electrons. The average molecular weight is 168 g/mol. The van der Waals surface area contributed by atoms with E-state index in [1.807, 2.05) is 0 Å². The molecule has 0 heterocycles. The quantitative estimate of drug-likeness (QED) is 0.595. The first-order valence-electron chi connectivity index (χ1n) is 5.66. The van der Waals surface area contributed by atoms with Gasteiger partial charge in [0.15, 0.2) is 0 Å². The number of hydrogen-bond donors (Lipinski definition) is 0. The highest BCUT2D eigenvalue weighted by Crippen LogP contribution is 2.43. The molecule has 0 heteroatoms. The van der Waals surface area contributed by atoms with Crippen molar-refractivity contribution < 1.29 is 0 Å². The van der Waals surface area contributed by atoms with Crippen LogP contribution >= 0.6 is 0 Å². The van der Waals surface area contributed by atoms with Crippen LogP contribution < -0.4 is 0 Å². The van der Waals surface area contributed by atoms with E-state index in [0.29, 0.717) is 0 Å². The molecule has 0 aromatic heterocycles. The highest BCUT2D eigenvalue weighted by atomic mass is 14.4. The number of rotatable bonds is 3. The highest BCUT2D eigenvalue weighted by Gasteiger charge is 2.34. The maximum Gasteiger partial charge on any atom is -0.0337 e. The summed E-state index contributed by atoms with van der Waals surface area (Å²) in [6.07, 6.45) is 5.82. The van der Waals surface area contributed by atoms with E-state index in [0.717, 1.165) is 23.7 Å². The van der Waals surface area contributed by atoms with Gasteiger partial charge in [-0.2, -0.15) is 0 Å². The van der Waals surface area contributed by atoms with E-state index in [1.165, 1.54) is 25.7 Å². The van der Waals surface area contributed by atoms with Gasteiger partial charge in [0.1, 0.15) is 0 Å². The van der Waals surface area contributed by atoms with Gasteiger partial charge in [0.2, 0.25) is 0 Å². The zero-order chi connectivity index (χ0) is 9.14. The van der Waals surface area contributed by atoms with Crippen molar-refractivity contribution in [2.24, 2.45) is 23.7 Å². The van der Waals surface area contributed by atoms with Gasteiger partial charge in [-0.1, -0.05) is 47.0 Å². The Morgan fingerprint density at radius 2 is 1.92 bits per heavy atom. The molecule has 0 N–H and O–H groups in total. The van der Waals surface area contributed by atoms with Crippen LogP contribution in [0, 0.1) is 23.7 Å². The van der Waals surface area contributed by atoms with E-state index >= 15 is 0 Å². The Hall–Kier alpha value is 0. The zero-order valence-electron chi connectivity index (χ0n) is 9.14.